The van der Waals surface area contributed by atoms with Crippen molar-refractivity contribution < 1.29 is 14.3 Å². The highest BCUT2D eigenvalue weighted by Crippen LogP contribution is 2.24. The summed E-state index contributed by atoms with van der Waals surface area (Å²) in [5, 5.41) is 0. The lowest BCUT2D eigenvalue weighted by molar-refractivity contribution is -0.148. The molecule has 0 amide bonds. The van der Waals surface area contributed by atoms with Gasteiger partial charge in [-0.15, -0.1) is 0 Å². The topological polar surface area (TPSA) is 35.5 Å². The standard InChI is InChI=1S/C9H16O3/c1-4-8-5-9(6(2)11-8)12-7(3)10/h6,8-9H,4-5H2,1-3H3/t6?,8-,9-/m1/s1. The lowest BCUT2D eigenvalue weighted by Crippen LogP contribution is -2.23. The van der Waals surface area contributed by atoms with Crippen LogP contribution in [-0.2, 0) is 14.3 Å². The van der Waals surface area contributed by atoms with Gasteiger partial charge in [0.05, 0.1) is 12.2 Å². The predicted octanol–water partition coefficient (Wildman–Crippen LogP) is 1.51. The first kappa shape index (κ1) is 9.52. The highest BCUT2D eigenvalue weighted by Gasteiger charge is 2.33. The molecule has 1 unspecified atom stereocenters. The molecule has 0 saturated carbocycles. The van der Waals surface area contributed by atoms with Gasteiger partial charge in [0, 0.05) is 13.3 Å². The fraction of sp³-hybridized carbons (Fsp3) is 0.889. The highest BCUT2D eigenvalue weighted by molar-refractivity contribution is 5.66. The van der Waals surface area contributed by atoms with Crippen LogP contribution in [0.5, 0.6) is 0 Å². The van der Waals surface area contributed by atoms with E-state index in [1.165, 1.54) is 6.92 Å². The minimum atomic E-state index is -0.216. The van der Waals surface area contributed by atoms with Crippen LogP contribution in [0.25, 0.3) is 0 Å². The van der Waals surface area contributed by atoms with Crippen molar-refractivity contribution in [2.45, 2.75) is 51.9 Å². The van der Waals surface area contributed by atoms with Gasteiger partial charge in [0.1, 0.15) is 6.10 Å². The van der Waals surface area contributed by atoms with Gasteiger partial charge in [-0.1, -0.05) is 6.92 Å². The summed E-state index contributed by atoms with van der Waals surface area (Å²) >= 11 is 0. The Hall–Kier alpha value is -0.570. The molecule has 0 aromatic heterocycles. The second kappa shape index (κ2) is 3.90. The summed E-state index contributed by atoms with van der Waals surface area (Å²) in [4.78, 5) is 10.7. The van der Waals surface area contributed by atoms with Crippen LogP contribution in [0, 0.1) is 0 Å². The van der Waals surface area contributed by atoms with Crippen LogP contribution >= 0.6 is 0 Å². The minimum Gasteiger partial charge on any atom is -0.460 e. The third-order valence-corrected chi connectivity index (χ3v) is 2.20. The van der Waals surface area contributed by atoms with E-state index in [-0.39, 0.29) is 24.3 Å². The average molecular weight is 172 g/mol. The van der Waals surface area contributed by atoms with Gasteiger partial charge < -0.3 is 9.47 Å². The number of carbonyl (C=O) groups is 1. The molecule has 1 aliphatic heterocycles. The summed E-state index contributed by atoms with van der Waals surface area (Å²) in [6.45, 7) is 5.46. The molecule has 0 N–H and O–H groups in total. The average Bonchev–Trinajstić information content (AvgIpc) is 2.31. The Morgan fingerprint density at radius 2 is 2.33 bits per heavy atom. The summed E-state index contributed by atoms with van der Waals surface area (Å²) in [6.07, 6.45) is 2.12. The van der Waals surface area contributed by atoms with E-state index in [4.69, 9.17) is 9.47 Å². The van der Waals surface area contributed by atoms with Crippen molar-refractivity contribution in [3.05, 3.63) is 0 Å². The molecule has 1 fully saturated rings. The molecule has 0 spiro atoms. The van der Waals surface area contributed by atoms with Gasteiger partial charge in [-0.05, 0) is 13.3 Å². The van der Waals surface area contributed by atoms with Gasteiger partial charge in [0.25, 0.3) is 0 Å². The van der Waals surface area contributed by atoms with Crippen LogP contribution in [0.15, 0.2) is 0 Å². The Morgan fingerprint density at radius 1 is 1.67 bits per heavy atom. The molecule has 0 aromatic carbocycles. The monoisotopic (exact) mass is 172 g/mol. The number of ether oxygens (including phenoxy) is 2. The SMILES string of the molecule is CC[C@@H]1C[C@@H](OC(C)=O)C(C)O1. The summed E-state index contributed by atoms with van der Waals surface area (Å²) in [5.74, 6) is -0.216. The number of hydrogen-bond donors (Lipinski definition) is 0. The Kier molecular flexibility index (Phi) is 3.09. The molecule has 1 rings (SSSR count). The van der Waals surface area contributed by atoms with E-state index in [1.54, 1.807) is 0 Å². The van der Waals surface area contributed by atoms with Gasteiger partial charge in [0.2, 0.25) is 0 Å². The van der Waals surface area contributed by atoms with E-state index in [0.29, 0.717) is 0 Å². The zero-order chi connectivity index (χ0) is 9.14. The van der Waals surface area contributed by atoms with Gasteiger partial charge in [-0.25, -0.2) is 0 Å². The smallest absolute Gasteiger partial charge is 0.302 e. The van der Waals surface area contributed by atoms with Gasteiger partial charge >= 0.3 is 5.97 Å². The van der Waals surface area contributed by atoms with E-state index in [0.717, 1.165) is 12.8 Å². The molecular formula is C9H16O3. The highest BCUT2D eigenvalue weighted by atomic mass is 16.6. The number of rotatable bonds is 2. The van der Waals surface area contributed by atoms with Crippen molar-refractivity contribution in [2.75, 3.05) is 0 Å². The molecule has 1 heterocycles. The first-order valence-corrected chi connectivity index (χ1v) is 4.46. The first-order valence-electron chi connectivity index (χ1n) is 4.46. The summed E-state index contributed by atoms with van der Waals surface area (Å²) < 4.78 is 10.6. The van der Waals surface area contributed by atoms with Crippen molar-refractivity contribution in [3.8, 4) is 0 Å². The van der Waals surface area contributed by atoms with Crippen LogP contribution in [0.1, 0.15) is 33.6 Å². The van der Waals surface area contributed by atoms with Crippen LogP contribution < -0.4 is 0 Å². The van der Waals surface area contributed by atoms with Crippen LogP contribution in [0.4, 0.5) is 0 Å². The van der Waals surface area contributed by atoms with E-state index in [1.807, 2.05) is 6.92 Å². The lowest BCUT2D eigenvalue weighted by Gasteiger charge is -2.12. The Balaban J connectivity index is 2.40. The third kappa shape index (κ3) is 2.21. The number of esters is 1. The van der Waals surface area contributed by atoms with E-state index >= 15 is 0 Å². The largest absolute Gasteiger partial charge is 0.460 e. The van der Waals surface area contributed by atoms with Crippen molar-refractivity contribution in [2.24, 2.45) is 0 Å². The van der Waals surface area contributed by atoms with Crippen LogP contribution in [0.2, 0.25) is 0 Å². The van der Waals surface area contributed by atoms with E-state index in [2.05, 4.69) is 6.92 Å². The van der Waals surface area contributed by atoms with Crippen molar-refractivity contribution in [1.29, 1.82) is 0 Å². The minimum absolute atomic E-state index is 0.0348. The molecule has 12 heavy (non-hydrogen) atoms. The molecule has 1 aliphatic rings. The Morgan fingerprint density at radius 3 is 2.75 bits per heavy atom. The molecule has 0 aliphatic carbocycles. The Labute approximate surface area is 73.0 Å². The fourth-order valence-electron chi connectivity index (χ4n) is 1.52. The molecule has 0 radical (unpaired) electrons. The normalized spacial score (nSPS) is 35.1. The third-order valence-electron chi connectivity index (χ3n) is 2.20. The predicted molar refractivity (Wildman–Crippen MR) is 44.8 cm³/mol. The zero-order valence-electron chi connectivity index (χ0n) is 7.87. The molecular weight excluding hydrogens is 156 g/mol. The summed E-state index contributed by atoms with van der Waals surface area (Å²) in [7, 11) is 0. The number of hydrogen-bond acceptors (Lipinski definition) is 3. The zero-order valence-corrected chi connectivity index (χ0v) is 7.87. The lowest BCUT2D eigenvalue weighted by atomic mass is 10.1. The maximum Gasteiger partial charge on any atom is 0.302 e. The second-order valence-corrected chi connectivity index (χ2v) is 3.26. The van der Waals surface area contributed by atoms with Crippen molar-refractivity contribution in [1.82, 2.24) is 0 Å². The molecule has 3 nitrogen and oxygen atoms in total. The quantitative estimate of drug-likeness (QED) is 0.592. The van der Waals surface area contributed by atoms with Crippen LogP contribution in [0.3, 0.4) is 0 Å². The molecule has 3 heteroatoms. The fourth-order valence-corrected chi connectivity index (χ4v) is 1.52. The first-order chi connectivity index (χ1) is 5.63. The van der Waals surface area contributed by atoms with Gasteiger partial charge in [0.15, 0.2) is 0 Å². The van der Waals surface area contributed by atoms with Crippen molar-refractivity contribution >= 4 is 5.97 Å². The molecule has 0 bridgehead atoms. The molecule has 3 atom stereocenters. The van der Waals surface area contributed by atoms with Crippen LogP contribution in [-0.4, -0.2) is 24.3 Å². The van der Waals surface area contributed by atoms with E-state index < -0.39 is 0 Å². The summed E-state index contributed by atoms with van der Waals surface area (Å²) in [6, 6.07) is 0. The Bertz CT molecular complexity index is 167. The van der Waals surface area contributed by atoms with Gasteiger partial charge in [-0.2, -0.15) is 0 Å². The van der Waals surface area contributed by atoms with Gasteiger partial charge in [-0.3, -0.25) is 4.79 Å². The van der Waals surface area contributed by atoms with Crippen molar-refractivity contribution in [3.63, 3.8) is 0 Å². The molecule has 1 saturated heterocycles. The summed E-state index contributed by atoms with van der Waals surface area (Å²) in [5.41, 5.74) is 0. The maximum absolute atomic E-state index is 10.7. The molecule has 0 aromatic rings. The maximum atomic E-state index is 10.7. The van der Waals surface area contributed by atoms with E-state index in [9.17, 15) is 4.79 Å². The second-order valence-electron chi connectivity index (χ2n) is 3.26. The molecule has 70 valence electrons. The number of carbonyl (C=O) groups excluding carboxylic acids is 1.